The molecule has 2 aromatic heterocycles. The van der Waals surface area contributed by atoms with E-state index in [1.165, 1.54) is 4.57 Å². The summed E-state index contributed by atoms with van der Waals surface area (Å²) in [7, 11) is 0. The van der Waals surface area contributed by atoms with Gasteiger partial charge in [0.05, 0.1) is 19.6 Å². The minimum Gasteiger partial charge on any atom is -0.386 e. The summed E-state index contributed by atoms with van der Waals surface area (Å²) in [4.78, 5) is 4.17. The fourth-order valence-electron chi connectivity index (χ4n) is 2.35. The van der Waals surface area contributed by atoms with Gasteiger partial charge in [0.15, 0.2) is 0 Å². The van der Waals surface area contributed by atoms with Gasteiger partial charge in [-0.15, -0.1) is 0 Å². The number of ether oxygens (including phenoxy) is 1. The Kier molecular flexibility index (Phi) is 3.17. The Hall–Kier alpha value is -2.31. The van der Waals surface area contributed by atoms with Crippen molar-refractivity contribution in [3.05, 3.63) is 47.3 Å². The van der Waals surface area contributed by atoms with Crippen molar-refractivity contribution in [2.45, 2.75) is 12.7 Å². The minimum atomic E-state index is -0.656. The van der Waals surface area contributed by atoms with Gasteiger partial charge in [0.25, 0.3) is 0 Å². The first-order valence-corrected chi connectivity index (χ1v) is 6.21. The Labute approximate surface area is 115 Å². The maximum atomic E-state index is 9.94. The van der Waals surface area contributed by atoms with E-state index < -0.39 is 6.10 Å². The van der Waals surface area contributed by atoms with Crippen LogP contribution in [0.5, 0.6) is 0 Å². The highest BCUT2D eigenvalue weighted by Gasteiger charge is 2.22. The predicted molar refractivity (Wildman–Crippen MR) is 72.3 cm³/mol. The zero-order valence-corrected chi connectivity index (χ0v) is 10.7. The summed E-state index contributed by atoms with van der Waals surface area (Å²) in [5.41, 5.74) is 3.62. The number of hydrogen-bond acceptors (Lipinski definition) is 5. The Morgan fingerprint density at radius 2 is 2.25 bits per heavy atom. The van der Waals surface area contributed by atoms with E-state index in [4.69, 9.17) is 15.6 Å². The van der Waals surface area contributed by atoms with Gasteiger partial charge < -0.3 is 9.84 Å². The molecule has 0 aromatic carbocycles. The van der Waals surface area contributed by atoms with Crippen LogP contribution in [0.15, 0.2) is 30.7 Å². The fraction of sp³-hybridized carbons (Fsp3) is 0.214. The standard InChI is InChI=1S/C14H14N4O2/c15-8-18-5-9(1-2-14(18)16)10-3-17-4-11-12(10)6-20-7-13(11)19/h1-5,8,13,15-16,19H,6-7H2. The Morgan fingerprint density at radius 1 is 1.40 bits per heavy atom. The maximum Gasteiger partial charge on any atom is 0.130 e. The molecule has 102 valence electrons. The number of fused-ring (bicyclic) bond motifs is 1. The maximum absolute atomic E-state index is 9.94. The van der Waals surface area contributed by atoms with Crippen molar-refractivity contribution in [3.63, 3.8) is 0 Å². The normalized spacial score (nSPS) is 17.6. The molecule has 1 atom stereocenters. The summed E-state index contributed by atoms with van der Waals surface area (Å²) >= 11 is 0. The van der Waals surface area contributed by atoms with E-state index in [1.54, 1.807) is 30.7 Å². The zero-order valence-electron chi connectivity index (χ0n) is 10.7. The van der Waals surface area contributed by atoms with E-state index in [9.17, 15) is 5.11 Å². The molecule has 0 aliphatic carbocycles. The molecule has 1 aliphatic rings. The van der Waals surface area contributed by atoms with Gasteiger partial charge in [0.1, 0.15) is 11.6 Å². The van der Waals surface area contributed by atoms with Crippen LogP contribution in [0.25, 0.3) is 11.1 Å². The van der Waals surface area contributed by atoms with Gasteiger partial charge in [0, 0.05) is 35.3 Å². The first-order valence-electron chi connectivity index (χ1n) is 6.21. The molecule has 6 nitrogen and oxygen atoms in total. The average Bonchev–Trinajstić information content (AvgIpc) is 2.48. The van der Waals surface area contributed by atoms with E-state index in [0.717, 1.165) is 28.6 Å². The van der Waals surface area contributed by atoms with Crippen molar-refractivity contribution < 1.29 is 9.84 Å². The molecule has 2 aromatic rings. The lowest BCUT2D eigenvalue weighted by molar-refractivity contribution is 0.00981. The summed E-state index contributed by atoms with van der Waals surface area (Å²) in [6.45, 7) is 0.710. The highest BCUT2D eigenvalue weighted by Crippen LogP contribution is 2.31. The van der Waals surface area contributed by atoms with Gasteiger partial charge in [-0.2, -0.15) is 0 Å². The molecule has 0 radical (unpaired) electrons. The average molecular weight is 270 g/mol. The smallest absolute Gasteiger partial charge is 0.130 e. The SMILES string of the molecule is N=Cn1cc(-c2cncc3c2COCC3O)ccc1=N. The Balaban J connectivity index is 2.18. The molecule has 0 spiro atoms. The summed E-state index contributed by atoms with van der Waals surface area (Å²) in [6.07, 6.45) is 5.51. The van der Waals surface area contributed by atoms with E-state index in [1.807, 2.05) is 0 Å². The van der Waals surface area contributed by atoms with Crippen LogP contribution in [-0.4, -0.2) is 27.6 Å². The highest BCUT2D eigenvalue weighted by atomic mass is 16.5. The number of nitrogens with zero attached hydrogens (tertiary/aromatic N) is 2. The third-order valence-electron chi connectivity index (χ3n) is 3.40. The third kappa shape index (κ3) is 2.04. The lowest BCUT2D eigenvalue weighted by atomic mass is 9.95. The highest BCUT2D eigenvalue weighted by molar-refractivity contribution is 5.69. The summed E-state index contributed by atoms with van der Waals surface area (Å²) in [5.74, 6) is 0. The van der Waals surface area contributed by atoms with Crippen LogP contribution in [-0.2, 0) is 11.3 Å². The van der Waals surface area contributed by atoms with Gasteiger partial charge in [-0.3, -0.25) is 20.4 Å². The monoisotopic (exact) mass is 270 g/mol. The summed E-state index contributed by atoms with van der Waals surface area (Å²) in [5, 5.41) is 24.9. The minimum absolute atomic E-state index is 0.234. The van der Waals surface area contributed by atoms with E-state index in [-0.39, 0.29) is 12.1 Å². The van der Waals surface area contributed by atoms with Gasteiger partial charge in [-0.1, -0.05) is 0 Å². The van der Waals surface area contributed by atoms with Crippen LogP contribution >= 0.6 is 0 Å². The van der Waals surface area contributed by atoms with Crippen molar-refractivity contribution in [1.82, 2.24) is 9.55 Å². The van der Waals surface area contributed by atoms with Gasteiger partial charge in [-0.05, 0) is 17.7 Å². The van der Waals surface area contributed by atoms with Crippen LogP contribution in [0.1, 0.15) is 17.2 Å². The predicted octanol–water partition coefficient (Wildman–Crippen LogP) is 1.05. The molecular weight excluding hydrogens is 256 g/mol. The van der Waals surface area contributed by atoms with E-state index >= 15 is 0 Å². The molecular formula is C14H14N4O2. The second kappa shape index (κ2) is 4.99. The van der Waals surface area contributed by atoms with E-state index in [0.29, 0.717) is 6.61 Å². The van der Waals surface area contributed by atoms with Crippen molar-refractivity contribution in [2.75, 3.05) is 6.61 Å². The Morgan fingerprint density at radius 3 is 3.05 bits per heavy atom. The molecule has 0 saturated carbocycles. The van der Waals surface area contributed by atoms with E-state index in [2.05, 4.69) is 4.98 Å². The molecule has 20 heavy (non-hydrogen) atoms. The number of aliphatic hydroxyl groups is 1. The number of rotatable bonds is 2. The number of hydrogen-bond donors (Lipinski definition) is 3. The second-order valence-electron chi connectivity index (χ2n) is 4.63. The van der Waals surface area contributed by atoms with Crippen molar-refractivity contribution >= 4 is 6.34 Å². The quantitative estimate of drug-likeness (QED) is 0.562. The lowest BCUT2D eigenvalue weighted by Gasteiger charge is -2.23. The van der Waals surface area contributed by atoms with Crippen LogP contribution in [0.2, 0.25) is 0 Å². The summed E-state index contributed by atoms with van der Waals surface area (Å²) < 4.78 is 6.80. The number of aliphatic hydroxyl groups excluding tert-OH is 1. The van der Waals surface area contributed by atoms with Gasteiger partial charge in [-0.25, -0.2) is 0 Å². The fourth-order valence-corrected chi connectivity index (χ4v) is 2.35. The topological polar surface area (TPSA) is 95.0 Å². The largest absolute Gasteiger partial charge is 0.386 e. The van der Waals surface area contributed by atoms with Crippen LogP contribution in [0, 0.1) is 10.8 Å². The molecule has 3 heterocycles. The van der Waals surface area contributed by atoms with Crippen LogP contribution in [0.4, 0.5) is 0 Å². The molecule has 1 unspecified atom stereocenters. The van der Waals surface area contributed by atoms with Crippen molar-refractivity contribution in [2.24, 2.45) is 0 Å². The first-order chi connectivity index (χ1) is 9.70. The van der Waals surface area contributed by atoms with Gasteiger partial charge >= 0.3 is 0 Å². The number of pyridine rings is 2. The molecule has 1 aliphatic heterocycles. The second-order valence-corrected chi connectivity index (χ2v) is 4.63. The van der Waals surface area contributed by atoms with Crippen molar-refractivity contribution in [3.8, 4) is 11.1 Å². The molecule has 3 rings (SSSR count). The molecule has 3 N–H and O–H groups in total. The lowest BCUT2D eigenvalue weighted by Crippen LogP contribution is -2.19. The molecule has 0 amide bonds. The van der Waals surface area contributed by atoms with Crippen LogP contribution < -0.4 is 5.49 Å². The molecule has 0 fully saturated rings. The van der Waals surface area contributed by atoms with Gasteiger partial charge in [0.2, 0.25) is 0 Å². The summed E-state index contributed by atoms with van der Waals surface area (Å²) in [6, 6.07) is 3.43. The molecule has 0 saturated heterocycles. The number of nitrogens with one attached hydrogen (secondary N) is 2. The third-order valence-corrected chi connectivity index (χ3v) is 3.40. The van der Waals surface area contributed by atoms with Crippen molar-refractivity contribution in [1.29, 1.82) is 10.8 Å². The molecule has 0 bridgehead atoms. The van der Waals surface area contributed by atoms with Crippen LogP contribution in [0.3, 0.4) is 0 Å². The zero-order chi connectivity index (χ0) is 14.1. The first kappa shape index (κ1) is 12.7. The number of aromatic nitrogens is 2. The molecule has 6 heteroatoms. The Bertz CT molecular complexity index is 723.